The van der Waals surface area contributed by atoms with Crippen molar-refractivity contribution >= 4 is 0 Å². The summed E-state index contributed by atoms with van der Waals surface area (Å²) in [6, 6.07) is 6.81. The number of pyridine rings is 1. The largest absolute Gasteiger partial charge is 0.325 e. The molecule has 1 aliphatic rings. The van der Waals surface area contributed by atoms with Crippen LogP contribution in [-0.4, -0.2) is 48.0 Å². The summed E-state index contributed by atoms with van der Waals surface area (Å²) in [7, 11) is 4.34. The number of nitrogens with zero attached hydrogens (tertiary/aromatic N) is 3. The van der Waals surface area contributed by atoms with Gasteiger partial charge in [0.1, 0.15) is 0 Å². The summed E-state index contributed by atoms with van der Waals surface area (Å²) in [6.45, 7) is 3.78. The van der Waals surface area contributed by atoms with Crippen molar-refractivity contribution < 1.29 is 0 Å². The summed E-state index contributed by atoms with van der Waals surface area (Å²) in [5.74, 6) is 0. The first-order valence-corrected chi connectivity index (χ1v) is 6.72. The third kappa shape index (κ3) is 3.51. The maximum atomic E-state index is 5.63. The van der Waals surface area contributed by atoms with Crippen LogP contribution in [0.15, 0.2) is 18.2 Å². The smallest absolute Gasteiger partial charge is 0.0547 e. The van der Waals surface area contributed by atoms with E-state index >= 15 is 0 Å². The van der Waals surface area contributed by atoms with E-state index in [1.54, 1.807) is 0 Å². The zero-order chi connectivity index (χ0) is 13.0. The van der Waals surface area contributed by atoms with Crippen LogP contribution in [0.4, 0.5) is 0 Å². The van der Waals surface area contributed by atoms with Gasteiger partial charge < -0.3 is 10.6 Å². The van der Waals surface area contributed by atoms with Crippen molar-refractivity contribution in [3.05, 3.63) is 29.6 Å². The van der Waals surface area contributed by atoms with Gasteiger partial charge in [0.05, 0.1) is 11.4 Å². The fourth-order valence-electron chi connectivity index (χ4n) is 2.56. The summed E-state index contributed by atoms with van der Waals surface area (Å²) >= 11 is 0. The Balaban J connectivity index is 1.95. The number of rotatable bonds is 4. The third-order valence-corrected chi connectivity index (χ3v) is 3.67. The molecule has 0 saturated carbocycles. The molecule has 0 radical (unpaired) electrons. The summed E-state index contributed by atoms with van der Waals surface area (Å²) in [5, 5.41) is 0. The molecule has 100 valence electrons. The van der Waals surface area contributed by atoms with Crippen molar-refractivity contribution in [2.24, 2.45) is 5.73 Å². The minimum Gasteiger partial charge on any atom is -0.325 e. The minimum absolute atomic E-state index is 0.522. The molecule has 0 aliphatic carbocycles. The number of hydrogen-bond donors (Lipinski definition) is 1. The monoisotopic (exact) mass is 248 g/mol. The number of likely N-dealkylation sites (tertiary alicyclic amines) is 1. The molecule has 1 aliphatic heterocycles. The van der Waals surface area contributed by atoms with E-state index in [-0.39, 0.29) is 0 Å². The van der Waals surface area contributed by atoms with Crippen LogP contribution in [0.5, 0.6) is 0 Å². The lowest BCUT2D eigenvalue weighted by Gasteiger charge is -2.35. The molecule has 4 nitrogen and oxygen atoms in total. The van der Waals surface area contributed by atoms with Crippen molar-refractivity contribution in [1.82, 2.24) is 14.8 Å². The molecule has 18 heavy (non-hydrogen) atoms. The number of nitrogens with two attached hydrogens (primary N) is 1. The van der Waals surface area contributed by atoms with Crippen molar-refractivity contribution in [2.75, 3.05) is 27.2 Å². The standard InChI is InChI=1S/C14H24N4/c1-17(2)14-7-4-8-18(11-14)10-13-6-3-5-12(9-15)16-13/h3,5-6,14H,4,7-11,15H2,1-2H3. The number of likely N-dealkylation sites (N-methyl/N-ethyl adjacent to an activating group) is 1. The van der Waals surface area contributed by atoms with Gasteiger partial charge in [0, 0.05) is 25.7 Å². The van der Waals surface area contributed by atoms with Crippen LogP contribution in [0.25, 0.3) is 0 Å². The molecule has 1 saturated heterocycles. The van der Waals surface area contributed by atoms with Gasteiger partial charge in [-0.3, -0.25) is 9.88 Å². The molecule has 2 N–H and O–H groups in total. The van der Waals surface area contributed by atoms with Gasteiger partial charge in [0.15, 0.2) is 0 Å². The molecule has 0 bridgehead atoms. The average molecular weight is 248 g/mol. The van der Waals surface area contributed by atoms with Crippen LogP contribution in [0.1, 0.15) is 24.2 Å². The molecule has 0 spiro atoms. The van der Waals surface area contributed by atoms with Crippen LogP contribution < -0.4 is 5.73 Å². The van der Waals surface area contributed by atoms with Crippen LogP contribution in [0, 0.1) is 0 Å². The highest BCUT2D eigenvalue weighted by Gasteiger charge is 2.21. The Bertz CT molecular complexity index is 378. The molecule has 0 aromatic carbocycles. The van der Waals surface area contributed by atoms with Crippen molar-refractivity contribution in [3.8, 4) is 0 Å². The average Bonchev–Trinajstić information content (AvgIpc) is 2.39. The zero-order valence-corrected chi connectivity index (χ0v) is 11.5. The molecule has 1 aromatic heterocycles. The van der Waals surface area contributed by atoms with Gasteiger partial charge in [0.2, 0.25) is 0 Å². The Morgan fingerprint density at radius 2 is 2.17 bits per heavy atom. The maximum Gasteiger partial charge on any atom is 0.0547 e. The molecular weight excluding hydrogens is 224 g/mol. The normalized spacial score (nSPS) is 21.4. The molecule has 2 rings (SSSR count). The molecule has 0 amide bonds. The van der Waals surface area contributed by atoms with Crippen LogP contribution >= 0.6 is 0 Å². The summed E-state index contributed by atoms with van der Waals surface area (Å²) in [6.07, 6.45) is 2.58. The molecule has 2 heterocycles. The van der Waals surface area contributed by atoms with Gasteiger partial charge in [-0.25, -0.2) is 0 Å². The minimum atomic E-state index is 0.522. The maximum absolute atomic E-state index is 5.63. The number of piperidine rings is 1. The summed E-state index contributed by atoms with van der Waals surface area (Å²) < 4.78 is 0. The second-order valence-corrected chi connectivity index (χ2v) is 5.32. The second kappa shape index (κ2) is 6.27. The van der Waals surface area contributed by atoms with Crippen molar-refractivity contribution in [3.63, 3.8) is 0 Å². The van der Waals surface area contributed by atoms with Crippen LogP contribution in [-0.2, 0) is 13.1 Å². The van der Waals surface area contributed by atoms with Gasteiger partial charge in [-0.1, -0.05) is 6.07 Å². The van der Waals surface area contributed by atoms with E-state index in [1.807, 2.05) is 6.07 Å². The quantitative estimate of drug-likeness (QED) is 0.865. The Hall–Kier alpha value is -0.970. The van der Waals surface area contributed by atoms with E-state index in [9.17, 15) is 0 Å². The lowest BCUT2D eigenvalue weighted by molar-refractivity contribution is 0.127. The lowest BCUT2D eigenvalue weighted by Crippen LogP contribution is -2.44. The van der Waals surface area contributed by atoms with E-state index < -0.39 is 0 Å². The Kier molecular flexibility index (Phi) is 4.69. The van der Waals surface area contributed by atoms with E-state index in [1.165, 1.54) is 19.4 Å². The third-order valence-electron chi connectivity index (χ3n) is 3.67. The van der Waals surface area contributed by atoms with Crippen LogP contribution in [0.3, 0.4) is 0 Å². The molecule has 4 heteroatoms. The molecule has 1 aromatic rings. The van der Waals surface area contributed by atoms with Gasteiger partial charge in [0.25, 0.3) is 0 Å². The number of hydrogen-bond acceptors (Lipinski definition) is 4. The Labute approximate surface area is 110 Å². The van der Waals surface area contributed by atoms with Gasteiger partial charge in [-0.05, 0) is 45.6 Å². The molecule has 1 atom stereocenters. The van der Waals surface area contributed by atoms with Crippen LogP contribution in [0.2, 0.25) is 0 Å². The first-order valence-electron chi connectivity index (χ1n) is 6.72. The van der Waals surface area contributed by atoms with E-state index in [2.05, 4.69) is 41.0 Å². The van der Waals surface area contributed by atoms with Crippen molar-refractivity contribution in [1.29, 1.82) is 0 Å². The molecule has 1 unspecified atom stereocenters. The summed E-state index contributed by atoms with van der Waals surface area (Å²) in [4.78, 5) is 9.40. The fourth-order valence-corrected chi connectivity index (χ4v) is 2.56. The lowest BCUT2D eigenvalue weighted by atomic mass is 10.0. The predicted octanol–water partition coefficient (Wildman–Crippen LogP) is 1.07. The first-order chi connectivity index (χ1) is 8.69. The molecular formula is C14H24N4. The predicted molar refractivity (Wildman–Crippen MR) is 74.1 cm³/mol. The van der Waals surface area contributed by atoms with Gasteiger partial charge >= 0.3 is 0 Å². The van der Waals surface area contributed by atoms with E-state index in [4.69, 9.17) is 5.73 Å². The van der Waals surface area contributed by atoms with E-state index in [0.29, 0.717) is 12.6 Å². The van der Waals surface area contributed by atoms with Crippen molar-refractivity contribution in [2.45, 2.75) is 32.0 Å². The number of aromatic nitrogens is 1. The highest BCUT2D eigenvalue weighted by Crippen LogP contribution is 2.15. The van der Waals surface area contributed by atoms with E-state index in [0.717, 1.165) is 24.5 Å². The van der Waals surface area contributed by atoms with Gasteiger partial charge in [-0.15, -0.1) is 0 Å². The summed E-state index contributed by atoms with van der Waals surface area (Å²) in [5.41, 5.74) is 7.75. The Morgan fingerprint density at radius 3 is 2.89 bits per heavy atom. The zero-order valence-electron chi connectivity index (χ0n) is 11.5. The fraction of sp³-hybridized carbons (Fsp3) is 0.643. The SMILES string of the molecule is CN(C)C1CCCN(Cc2cccc(CN)n2)C1. The highest BCUT2D eigenvalue weighted by atomic mass is 15.2. The second-order valence-electron chi connectivity index (χ2n) is 5.32. The van der Waals surface area contributed by atoms with Gasteiger partial charge in [-0.2, -0.15) is 0 Å². The topological polar surface area (TPSA) is 45.4 Å². The highest BCUT2D eigenvalue weighted by molar-refractivity contribution is 5.11. The Morgan fingerprint density at radius 1 is 1.39 bits per heavy atom. The molecule has 1 fully saturated rings. The first kappa shape index (κ1) is 13.5.